The number of carboxylic acids is 1. The van der Waals surface area contributed by atoms with Crippen molar-refractivity contribution in [1.82, 2.24) is 9.88 Å². The SMILES string of the molecule is C=CCN(CC=C)C(=O)c1c(C)[nH]c(C(=O)O)c1C. The van der Waals surface area contributed by atoms with Gasteiger partial charge in [-0.1, -0.05) is 12.2 Å². The Morgan fingerprint density at radius 1 is 1.26 bits per heavy atom. The summed E-state index contributed by atoms with van der Waals surface area (Å²) in [6.07, 6.45) is 3.24. The number of aromatic nitrogens is 1. The molecular formula is C14H18N2O3. The van der Waals surface area contributed by atoms with Crippen LogP contribution in [-0.2, 0) is 0 Å². The standard InChI is InChI=1S/C14H18N2O3/c1-5-7-16(8-6-2)13(17)11-9(3)12(14(18)19)15-10(11)4/h5-6,15H,1-2,7-8H2,3-4H3,(H,18,19). The summed E-state index contributed by atoms with van der Waals surface area (Å²) in [5.74, 6) is -1.29. The zero-order valence-electron chi connectivity index (χ0n) is 11.2. The van der Waals surface area contributed by atoms with Crippen molar-refractivity contribution in [3.8, 4) is 0 Å². The lowest BCUT2D eigenvalue weighted by Gasteiger charge is -2.19. The molecule has 0 atom stereocenters. The maximum atomic E-state index is 12.4. The quantitative estimate of drug-likeness (QED) is 0.771. The van der Waals surface area contributed by atoms with E-state index in [1.54, 1.807) is 30.9 Å². The van der Waals surface area contributed by atoms with Crippen molar-refractivity contribution < 1.29 is 14.7 Å². The summed E-state index contributed by atoms with van der Waals surface area (Å²) in [7, 11) is 0. The molecule has 0 spiro atoms. The number of hydrogen-bond donors (Lipinski definition) is 2. The zero-order valence-corrected chi connectivity index (χ0v) is 11.2. The van der Waals surface area contributed by atoms with E-state index < -0.39 is 5.97 Å². The van der Waals surface area contributed by atoms with E-state index >= 15 is 0 Å². The number of nitrogens with one attached hydrogen (secondary N) is 1. The van der Waals surface area contributed by atoms with Gasteiger partial charge in [-0.25, -0.2) is 4.79 Å². The largest absolute Gasteiger partial charge is 0.477 e. The Morgan fingerprint density at radius 3 is 2.16 bits per heavy atom. The van der Waals surface area contributed by atoms with Crippen LogP contribution < -0.4 is 0 Å². The number of nitrogens with zero attached hydrogens (tertiary/aromatic N) is 1. The Morgan fingerprint density at radius 2 is 1.79 bits per heavy atom. The van der Waals surface area contributed by atoms with Gasteiger partial charge in [0.15, 0.2) is 0 Å². The average molecular weight is 262 g/mol. The van der Waals surface area contributed by atoms with Crippen LogP contribution in [0.1, 0.15) is 32.1 Å². The number of rotatable bonds is 6. The van der Waals surface area contributed by atoms with Gasteiger partial charge in [0.1, 0.15) is 5.69 Å². The first kappa shape index (κ1) is 14.8. The molecule has 0 radical (unpaired) electrons. The molecule has 19 heavy (non-hydrogen) atoms. The number of carboxylic acid groups (broad SMARTS) is 1. The van der Waals surface area contributed by atoms with Gasteiger partial charge in [0, 0.05) is 18.8 Å². The van der Waals surface area contributed by atoms with Crippen LogP contribution in [0.4, 0.5) is 0 Å². The van der Waals surface area contributed by atoms with E-state index in [-0.39, 0.29) is 11.6 Å². The summed E-state index contributed by atoms with van der Waals surface area (Å²) in [5, 5.41) is 9.04. The molecule has 102 valence electrons. The Kier molecular flexibility index (Phi) is 4.69. The maximum absolute atomic E-state index is 12.4. The van der Waals surface area contributed by atoms with Crippen molar-refractivity contribution >= 4 is 11.9 Å². The van der Waals surface area contributed by atoms with E-state index in [9.17, 15) is 9.59 Å². The van der Waals surface area contributed by atoms with Gasteiger partial charge in [0.2, 0.25) is 0 Å². The number of amides is 1. The van der Waals surface area contributed by atoms with Crippen molar-refractivity contribution in [3.63, 3.8) is 0 Å². The molecule has 0 bridgehead atoms. The van der Waals surface area contributed by atoms with Gasteiger partial charge in [0.05, 0.1) is 5.56 Å². The van der Waals surface area contributed by atoms with Crippen LogP contribution in [0, 0.1) is 13.8 Å². The number of hydrogen-bond acceptors (Lipinski definition) is 2. The number of carbonyl (C=O) groups excluding carboxylic acids is 1. The smallest absolute Gasteiger partial charge is 0.352 e. The van der Waals surface area contributed by atoms with Crippen LogP contribution in [0.5, 0.6) is 0 Å². The second kappa shape index (κ2) is 6.04. The Labute approximate surface area is 112 Å². The first-order valence-electron chi connectivity index (χ1n) is 5.87. The third-order valence-electron chi connectivity index (χ3n) is 2.85. The summed E-state index contributed by atoms with van der Waals surface area (Å²) >= 11 is 0. The topological polar surface area (TPSA) is 73.4 Å². The van der Waals surface area contributed by atoms with Gasteiger partial charge >= 0.3 is 5.97 Å². The Balaban J connectivity index is 3.20. The fourth-order valence-corrected chi connectivity index (χ4v) is 1.99. The van der Waals surface area contributed by atoms with Crippen LogP contribution in [0.15, 0.2) is 25.3 Å². The molecule has 0 saturated carbocycles. The highest BCUT2D eigenvalue weighted by molar-refractivity contribution is 6.00. The van der Waals surface area contributed by atoms with Gasteiger partial charge < -0.3 is 15.0 Å². The monoisotopic (exact) mass is 262 g/mol. The molecule has 1 aromatic heterocycles. The average Bonchev–Trinajstić information content (AvgIpc) is 2.64. The fraction of sp³-hybridized carbons (Fsp3) is 0.286. The fourth-order valence-electron chi connectivity index (χ4n) is 1.99. The second-order valence-electron chi connectivity index (χ2n) is 4.22. The Bertz CT molecular complexity index is 519. The van der Waals surface area contributed by atoms with Crippen molar-refractivity contribution in [2.45, 2.75) is 13.8 Å². The van der Waals surface area contributed by atoms with Crippen molar-refractivity contribution in [2.24, 2.45) is 0 Å². The number of aromatic amines is 1. The summed E-state index contributed by atoms with van der Waals surface area (Å²) in [6, 6.07) is 0. The van der Waals surface area contributed by atoms with Gasteiger partial charge in [-0.05, 0) is 19.4 Å². The predicted octanol–water partition coefficient (Wildman–Crippen LogP) is 2.14. The summed E-state index contributed by atoms with van der Waals surface area (Å²) in [6.45, 7) is 11.3. The lowest BCUT2D eigenvalue weighted by atomic mass is 10.1. The van der Waals surface area contributed by atoms with Gasteiger partial charge in [0.25, 0.3) is 5.91 Å². The maximum Gasteiger partial charge on any atom is 0.352 e. The molecule has 0 aliphatic heterocycles. The van der Waals surface area contributed by atoms with Crippen LogP contribution in [0.3, 0.4) is 0 Å². The van der Waals surface area contributed by atoms with Gasteiger partial charge in [-0.3, -0.25) is 4.79 Å². The third-order valence-corrected chi connectivity index (χ3v) is 2.85. The molecule has 5 nitrogen and oxygen atoms in total. The van der Waals surface area contributed by atoms with Gasteiger partial charge in [-0.2, -0.15) is 0 Å². The normalized spacial score (nSPS) is 10.0. The Hall–Kier alpha value is -2.30. The van der Waals surface area contributed by atoms with Crippen molar-refractivity contribution in [1.29, 1.82) is 0 Å². The highest BCUT2D eigenvalue weighted by atomic mass is 16.4. The predicted molar refractivity (Wildman–Crippen MR) is 73.5 cm³/mol. The highest BCUT2D eigenvalue weighted by Gasteiger charge is 2.24. The minimum absolute atomic E-state index is 0.0537. The van der Waals surface area contributed by atoms with Crippen molar-refractivity contribution in [3.05, 3.63) is 47.8 Å². The molecule has 0 aliphatic carbocycles. The molecule has 1 rings (SSSR count). The lowest BCUT2D eigenvalue weighted by molar-refractivity contribution is 0.0690. The van der Waals surface area contributed by atoms with E-state index in [2.05, 4.69) is 18.1 Å². The molecule has 0 aromatic carbocycles. The van der Waals surface area contributed by atoms with Crippen LogP contribution in [-0.4, -0.2) is 40.0 Å². The molecule has 1 heterocycles. The van der Waals surface area contributed by atoms with Crippen LogP contribution in [0.2, 0.25) is 0 Å². The molecule has 0 fully saturated rings. The first-order chi connectivity index (χ1) is 8.93. The van der Waals surface area contributed by atoms with E-state index in [4.69, 9.17) is 5.11 Å². The van der Waals surface area contributed by atoms with Gasteiger partial charge in [-0.15, -0.1) is 13.2 Å². The van der Waals surface area contributed by atoms with Crippen molar-refractivity contribution in [2.75, 3.05) is 13.1 Å². The minimum Gasteiger partial charge on any atom is -0.477 e. The second-order valence-corrected chi connectivity index (χ2v) is 4.22. The number of carbonyl (C=O) groups is 2. The molecular weight excluding hydrogens is 244 g/mol. The molecule has 0 unspecified atom stereocenters. The van der Waals surface area contributed by atoms with Crippen LogP contribution in [0.25, 0.3) is 0 Å². The molecule has 1 aromatic rings. The number of aromatic carboxylic acids is 1. The van der Waals surface area contributed by atoms with E-state index in [1.807, 2.05) is 0 Å². The first-order valence-corrected chi connectivity index (χ1v) is 5.87. The number of H-pyrrole nitrogens is 1. The lowest BCUT2D eigenvalue weighted by Crippen LogP contribution is -2.32. The van der Waals surface area contributed by atoms with E-state index in [0.717, 1.165) is 0 Å². The van der Waals surface area contributed by atoms with E-state index in [1.165, 1.54) is 0 Å². The molecule has 0 saturated heterocycles. The summed E-state index contributed by atoms with van der Waals surface area (Å²) < 4.78 is 0. The molecule has 5 heteroatoms. The minimum atomic E-state index is -1.07. The van der Waals surface area contributed by atoms with Crippen LogP contribution >= 0.6 is 0 Å². The third kappa shape index (κ3) is 2.93. The highest BCUT2D eigenvalue weighted by Crippen LogP contribution is 2.20. The van der Waals surface area contributed by atoms with E-state index in [0.29, 0.717) is 29.9 Å². The molecule has 0 aliphatic rings. The molecule has 2 N–H and O–H groups in total. The summed E-state index contributed by atoms with van der Waals surface area (Å²) in [5.41, 5.74) is 1.46. The number of aryl methyl sites for hydroxylation is 1. The summed E-state index contributed by atoms with van der Waals surface area (Å²) in [4.78, 5) is 27.7. The zero-order chi connectivity index (χ0) is 14.6. The molecule has 1 amide bonds.